The predicted octanol–water partition coefficient (Wildman–Crippen LogP) is 2.14. The Morgan fingerprint density at radius 1 is 1.25 bits per heavy atom. The van der Waals surface area contributed by atoms with E-state index in [9.17, 15) is 15.0 Å². The van der Waals surface area contributed by atoms with Gasteiger partial charge in [0.15, 0.2) is 0 Å². The molecule has 0 unspecified atom stereocenters. The lowest BCUT2D eigenvalue weighted by molar-refractivity contribution is 0.0675. The van der Waals surface area contributed by atoms with Gasteiger partial charge in [0.1, 0.15) is 5.75 Å². The van der Waals surface area contributed by atoms with E-state index in [1.807, 2.05) is 24.3 Å². The minimum atomic E-state index is -0.204. The number of phenols is 1. The van der Waals surface area contributed by atoms with Crippen molar-refractivity contribution < 1.29 is 15.0 Å². The third-order valence-electron chi connectivity index (χ3n) is 3.98. The van der Waals surface area contributed by atoms with Gasteiger partial charge in [0, 0.05) is 11.9 Å². The van der Waals surface area contributed by atoms with Crippen molar-refractivity contribution in [2.24, 2.45) is 0 Å². The molecule has 2 aromatic rings. The fourth-order valence-electron chi connectivity index (χ4n) is 2.88. The van der Waals surface area contributed by atoms with Crippen molar-refractivity contribution in [1.82, 2.24) is 4.90 Å². The lowest BCUT2D eigenvalue weighted by Gasteiger charge is -2.23. The van der Waals surface area contributed by atoms with E-state index in [0.29, 0.717) is 17.5 Å². The second-order valence-corrected chi connectivity index (χ2v) is 5.16. The van der Waals surface area contributed by atoms with Crippen LogP contribution in [0, 0.1) is 0 Å². The van der Waals surface area contributed by atoms with Crippen molar-refractivity contribution >= 4 is 16.7 Å². The second kappa shape index (κ2) is 5.13. The summed E-state index contributed by atoms with van der Waals surface area (Å²) >= 11 is 0. The number of phenolic OH excluding ortho intramolecular Hbond substituents is 1. The zero-order valence-corrected chi connectivity index (χ0v) is 11.1. The number of aliphatic hydroxyl groups excluding tert-OH is 1. The van der Waals surface area contributed by atoms with Gasteiger partial charge >= 0.3 is 0 Å². The van der Waals surface area contributed by atoms with Gasteiger partial charge < -0.3 is 15.1 Å². The molecular weight excluding hydrogens is 254 g/mol. The van der Waals surface area contributed by atoms with Crippen LogP contribution in [0.2, 0.25) is 0 Å². The Balaban J connectivity index is 2.01. The molecule has 1 saturated heterocycles. The average Bonchev–Trinajstić information content (AvgIpc) is 2.96. The largest absolute Gasteiger partial charge is 0.506 e. The maximum absolute atomic E-state index is 12.5. The highest BCUT2D eigenvalue weighted by Crippen LogP contribution is 2.31. The van der Waals surface area contributed by atoms with Crippen molar-refractivity contribution in [3.8, 4) is 5.75 Å². The van der Waals surface area contributed by atoms with Crippen molar-refractivity contribution in [2.45, 2.75) is 18.9 Å². The van der Waals surface area contributed by atoms with Crippen molar-refractivity contribution in [3.63, 3.8) is 0 Å². The molecular formula is C16H17NO3. The number of nitrogens with zero attached hydrogens (tertiary/aromatic N) is 1. The lowest BCUT2D eigenvalue weighted by atomic mass is 10.0. The number of hydrogen-bond acceptors (Lipinski definition) is 3. The Hall–Kier alpha value is -2.07. The molecule has 0 aromatic heterocycles. The molecule has 1 aliphatic rings. The standard InChI is InChI=1S/C16H17NO3/c18-10-12-5-3-9-17(12)16(20)14-8-7-11-4-1-2-6-13(11)15(14)19/h1-2,4,6-8,12,18-19H,3,5,9-10H2/t12-/m1/s1. The van der Waals surface area contributed by atoms with Gasteiger partial charge in [-0.3, -0.25) is 4.79 Å². The van der Waals surface area contributed by atoms with Gasteiger partial charge in [-0.05, 0) is 24.3 Å². The van der Waals surface area contributed by atoms with Crippen LogP contribution in [0.3, 0.4) is 0 Å². The van der Waals surface area contributed by atoms with E-state index in [1.54, 1.807) is 17.0 Å². The minimum Gasteiger partial charge on any atom is -0.506 e. The van der Waals surface area contributed by atoms with E-state index in [-0.39, 0.29) is 24.3 Å². The molecule has 4 nitrogen and oxygen atoms in total. The van der Waals surface area contributed by atoms with Crippen LogP contribution in [0.25, 0.3) is 10.8 Å². The van der Waals surface area contributed by atoms with Gasteiger partial charge in [0.05, 0.1) is 18.2 Å². The first-order valence-corrected chi connectivity index (χ1v) is 6.85. The number of amides is 1. The maximum atomic E-state index is 12.5. The number of aliphatic hydroxyl groups is 1. The van der Waals surface area contributed by atoms with Crippen LogP contribution in [-0.2, 0) is 0 Å². The number of likely N-dealkylation sites (tertiary alicyclic amines) is 1. The summed E-state index contributed by atoms with van der Waals surface area (Å²) in [5, 5.41) is 21.2. The third kappa shape index (κ3) is 2.02. The Labute approximate surface area is 117 Å². The Morgan fingerprint density at radius 3 is 2.85 bits per heavy atom. The first kappa shape index (κ1) is 12.9. The molecule has 2 aromatic carbocycles. The number of benzene rings is 2. The van der Waals surface area contributed by atoms with E-state index in [4.69, 9.17) is 0 Å². The fourth-order valence-corrected chi connectivity index (χ4v) is 2.88. The Bertz CT molecular complexity index is 653. The molecule has 4 heteroatoms. The first-order chi connectivity index (χ1) is 9.72. The molecule has 1 amide bonds. The highest BCUT2D eigenvalue weighted by Gasteiger charge is 2.30. The van der Waals surface area contributed by atoms with Crippen LogP contribution in [0.4, 0.5) is 0 Å². The van der Waals surface area contributed by atoms with Gasteiger partial charge in [-0.25, -0.2) is 0 Å². The number of fused-ring (bicyclic) bond motifs is 1. The topological polar surface area (TPSA) is 60.8 Å². The number of carbonyl (C=O) groups excluding carboxylic acids is 1. The Kier molecular flexibility index (Phi) is 3.32. The summed E-state index contributed by atoms with van der Waals surface area (Å²) in [4.78, 5) is 14.2. The average molecular weight is 271 g/mol. The molecule has 2 N–H and O–H groups in total. The van der Waals surface area contributed by atoms with Crippen LogP contribution in [0.15, 0.2) is 36.4 Å². The van der Waals surface area contributed by atoms with Gasteiger partial charge in [-0.1, -0.05) is 30.3 Å². The van der Waals surface area contributed by atoms with Gasteiger partial charge in [0.2, 0.25) is 0 Å². The van der Waals surface area contributed by atoms with Crippen molar-refractivity contribution in [3.05, 3.63) is 42.0 Å². The van der Waals surface area contributed by atoms with E-state index in [2.05, 4.69) is 0 Å². The van der Waals surface area contributed by atoms with Gasteiger partial charge in [-0.2, -0.15) is 0 Å². The van der Waals surface area contributed by atoms with Gasteiger partial charge in [-0.15, -0.1) is 0 Å². The first-order valence-electron chi connectivity index (χ1n) is 6.85. The molecule has 0 aliphatic carbocycles. The molecule has 1 heterocycles. The molecule has 1 aliphatic heterocycles. The number of aromatic hydroxyl groups is 1. The Morgan fingerprint density at radius 2 is 2.05 bits per heavy atom. The quantitative estimate of drug-likeness (QED) is 0.879. The molecule has 0 saturated carbocycles. The molecule has 0 radical (unpaired) electrons. The van der Waals surface area contributed by atoms with Gasteiger partial charge in [0.25, 0.3) is 5.91 Å². The summed E-state index contributed by atoms with van der Waals surface area (Å²) in [6.45, 7) is 0.608. The molecule has 1 fully saturated rings. The molecule has 0 bridgehead atoms. The zero-order valence-electron chi connectivity index (χ0n) is 11.1. The minimum absolute atomic E-state index is 0.0247. The molecule has 104 valence electrons. The van der Waals surface area contributed by atoms with E-state index < -0.39 is 0 Å². The predicted molar refractivity (Wildman–Crippen MR) is 76.8 cm³/mol. The lowest BCUT2D eigenvalue weighted by Crippen LogP contribution is -2.37. The highest BCUT2D eigenvalue weighted by molar-refractivity contribution is 6.03. The third-order valence-corrected chi connectivity index (χ3v) is 3.98. The summed E-state index contributed by atoms with van der Waals surface area (Å²) in [5.41, 5.74) is 0.309. The van der Waals surface area contributed by atoms with Crippen LogP contribution >= 0.6 is 0 Å². The monoisotopic (exact) mass is 271 g/mol. The maximum Gasteiger partial charge on any atom is 0.257 e. The smallest absolute Gasteiger partial charge is 0.257 e. The van der Waals surface area contributed by atoms with E-state index in [0.717, 1.165) is 18.2 Å². The van der Waals surface area contributed by atoms with Crippen LogP contribution < -0.4 is 0 Å². The number of carbonyl (C=O) groups is 1. The zero-order chi connectivity index (χ0) is 14.1. The normalized spacial score (nSPS) is 18.6. The molecule has 3 rings (SSSR count). The number of rotatable bonds is 2. The SMILES string of the molecule is O=C(c1ccc2ccccc2c1O)N1CCC[C@@H]1CO. The summed E-state index contributed by atoms with van der Waals surface area (Å²) < 4.78 is 0. The summed E-state index contributed by atoms with van der Waals surface area (Å²) in [6, 6.07) is 10.8. The summed E-state index contributed by atoms with van der Waals surface area (Å²) in [5.74, 6) is -0.179. The van der Waals surface area contributed by atoms with Crippen LogP contribution in [0.5, 0.6) is 5.75 Å². The van der Waals surface area contributed by atoms with E-state index >= 15 is 0 Å². The van der Waals surface area contributed by atoms with Crippen LogP contribution in [0.1, 0.15) is 23.2 Å². The van der Waals surface area contributed by atoms with E-state index in [1.165, 1.54) is 0 Å². The highest BCUT2D eigenvalue weighted by atomic mass is 16.3. The fraction of sp³-hybridized carbons (Fsp3) is 0.312. The van der Waals surface area contributed by atoms with Crippen molar-refractivity contribution in [2.75, 3.05) is 13.2 Å². The summed E-state index contributed by atoms with van der Waals surface area (Å²) in [6.07, 6.45) is 1.71. The van der Waals surface area contributed by atoms with Crippen LogP contribution in [-0.4, -0.2) is 40.2 Å². The number of hydrogen-bond donors (Lipinski definition) is 2. The molecule has 0 spiro atoms. The second-order valence-electron chi connectivity index (χ2n) is 5.16. The van der Waals surface area contributed by atoms with Crippen molar-refractivity contribution in [1.29, 1.82) is 0 Å². The molecule has 20 heavy (non-hydrogen) atoms. The summed E-state index contributed by atoms with van der Waals surface area (Å²) in [7, 11) is 0. The molecule has 1 atom stereocenters.